The number of carbonyl (C=O) groups excluding carboxylic acids is 2. The maximum absolute atomic E-state index is 11.8. The second-order valence-electron chi connectivity index (χ2n) is 6.67. The van der Waals surface area contributed by atoms with Gasteiger partial charge in [0.2, 0.25) is 0 Å². The van der Waals surface area contributed by atoms with E-state index < -0.39 is 10.9 Å². The topological polar surface area (TPSA) is 98.9 Å². The molecule has 0 bridgehead atoms. The molecule has 128 valence electrons. The second-order valence-corrected chi connectivity index (χ2v) is 6.67. The fraction of sp³-hybridized carbons (Fsp3) is 0.471. The summed E-state index contributed by atoms with van der Waals surface area (Å²) < 4.78 is 0. The van der Waals surface area contributed by atoms with Crippen molar-refractivity contribution in [3.05, 3.63) is 39.9 Å². The lowest BCUT2D eigenvalue weighted by molar-refractivity contribution is -0.384. The fourth-order valence-corrected chi connectivity index (χ4v) is 3.12. The van der Waals surface area contributed by atoms with E-state index in [9.17, 15) is 19.7 Å². The molecule has 0 amide bonds. The van der Waals surface area contributed by atoms with E-state index >= 15 is 0 Å². The van der Waals surface area contributed by atoms with Crippen molar-refractivity contribution in [1.29, 1.82) is 0 Å². The Bertz CT molecular complexity index is 679. The highest BCUT2D eigenvalue weighted by molar-refractivity contribution is 5.82. The second kappa shape index (κ2) is 6.90. The van der Waals surface area contributed by atoms with E-state index in [0.29, 0.717) is 12.0 Å². The van der Waals surface area contributed by atoms with Gasteiger partial charge in [0.15, 0.2) is 0 Å². The molecule has 1 aromatic carbocycles. The Morgan fingerprint density at radius 3 is 2.50 bits per heavy atom. The van der Waals surface area contributed by atoms with Gasteiger partial charge in [-0.3, -0.25) is 14.9 Å². The molecule has 0 heterocycles. The Hall–Kier alpha value is -2.57. The highest BCUT2D eigenvalue weighted by atomic mass is 16.7. The van der Waals surface area contributed by atoms with Gasteiger partial charge in [-0.15, -0.1) is 0 Å². The molecule has 0 aromatic heterocycles. The van der Waals surface area contributed by atoms with Gasteiger partial charge < -0.3 is 4.84 Å². The van der Waals surface area contributed by atoms with Crippen molar-refractivity contribution in [2.75, 3.05) is 0 Å². The normalized spacial score (nSPS) is 22.0. The van der Waals surface area contributed by atoms with Crippen molar-refractivity contribution < 1.29 is 19.3 Å². The maximum Gasteiger partial charge on any atom is 0.335 e. The van der Waals surface area contributed by atoms with Crippen LogP contribution in [0.4, 0.5) is 5.69 Å². The first-order valence-electron chi connectivity index (χ1n) is 7.70. The average molecular weight is 332 g/mol. The number of carbonyl (C=O) groups is 2. The van der Waals surface area contributed by atoms with E-state index in [1.165, 1.54) is 30.5 Å². The molecule has 7 heteroatoms. The van der Waals surface area contributed by atoms with Crippen LogP contribution in [0.2, 0.25) is 0 Å². The number of nitro benzene ring substituents is 1. The summed E-state index contributed by atoms with van der Waals surface area (Å²) in [4.78, 5) is 38.2. The van der Waals surface area contributed by atoms with Crippen molar-refractivity contribution in [3.8, 4) is 0 Å². The van der Waals surface area contributed by atoms with Crippen LogP contribution >= 0.6 is 0 Å². The van der Waals surface area contributed by atoms with Crippen molar-refractivity contribution in [2.45, 2.75) is 33.6 Å². The molecule has 2 rings (SSSR count). The van der Waals surface area contributed by atoms with Crippen LogP contribution in [-0.4, -0.2) is 22.9 Å². The van der Waals surface area contributed by atoms with E-state index in [2.05, 4.69) is 5.16 Å². The van der Waals surface area contributed by atoms with Gasteiger partial charge in [-0.2, -0.15) is 0 Å². The minimum absolute atomic E-state index is 0.00101. The zero-order chi connectivity index (χ0) is 17.9. The third kappa shape index (κ3) is 3.84. The van der Waals surface area contributed by atoms with E-state index in [4.69, 9.17) is 4.84 Å². The molecule has 0 radical (unpaired) electrons. The predicted molar refractivity (Wildman–Crippen MR) is 87.5 cm³/mol. The number of rotatable bonds is 6. The van der Waals surface area contributed by atoms with Gasteiger partial charge in [-0.25, -0.2) is 4.79 Å². The van der Waals surface area contributed by atoms with E-state index in [1.807, 2.05) is 13.8 Å². The molecular formula is C17H20N2O5. The zero-order valence-electron chi connectivity index (χ0n) is 13.9. The molecule has 2 atom stereocenters. The Morgan fingerprint density at radius 1 is 1.38 bits per heavy atom. The molecule has 0 spiro atoms. The summed E-state index contributed by atoms with van der Waals surface area (Å²) in [5, 5.41) is 14.2. The van der Waals surface area contributed by atoms with Gasteiger partial charge >= 0.3 is 5.97 Å². The number of ketones is 1. The van der Waals surface area contributed by atoms with Gasteiger partial charge in [0.05, 0.1) is 17.6 Å². The first-order chi connectivity index (χ1) is 11.2. The number of nitro groups is 1. The SMILES string of the molecule is CC(=O)[C@H]1C[C@@H](CC(=O)ON=Cc2ccc([N+](=O)[O-])cc2)C1(C)C. The lowest BCUT2D eigenvalue weighted by Crippen LogP contribution is -2.48. The van der Waals surface area contributed by atoms with E-state index in [-0.39, 0.29) is 35.1 Å². The summed E-state index contributed by atoms with van der Waals surface area (Å²) in [5.41, 5.74) is 0.373. The molecule has 1 aliphatic rings. The largest absolute Gasteiger partial charge is 0.335 e. The lowest BCUT2D eigenvalue weighted by atomic mass is 9.53. The molecule has 1 aliphatic carbocycles. The van der Waals surface area contributed by atoms with Crippen molar-refractivity contribution in [2.24, 2.45) is 22.4 Å². The molecule has 7 nitrogen and oxygen atoms in total. The van der Waals surface area contributed by atoms with Crippen LogP contribution in [0, 0.1) is 27.4 Å². The molecule has 0 N–H and O–H groups in total. The highest BCUT2D eigenvalue weighted by Gasteiger charge is 2.50. The zero-order valence-corrected chi connectivity index (χ0v) is 13.9. The summed E-state index contributed by atoms with van der Waals surface area (Å²) in [6, 6.07) is 5.73. The van der Waals surface area contributed by atoms with Gasteiger partial charge in [0.1, 0.15) is 5.78 Å². The first-order valence-corrected chi connectivity index (χ1v) is 7.70. The lowest BCUT2D eigenvalue weighted by Gasteiger charge is -2.50. The standard InChI is InChI=1S/C17H20N2O5/c1-11(20)15-8-13(17(15,2)3)9-16(21)24-18-10-12-4-6-14(7-5-12)19(22)23/h4-7,10,13,15H,8-9H2,1-3H3/t13-,15+/m0/s1. The van der Waals surface area contributed by atoms with Crippen LogP contribution < -0.4 is 0 Å². The van der Waals surface area contributed by atoms with Crippen LogP contribution in [0.25, 0.3) is 0 Å². The smallest absolute Gasteiger partial charge is 0.318 e. The van der Waals surface area contributed by atoms with Crippen LogP contribution in [0.15, 0.2) is 29.4 Å². The van der Waals surface area contributed by atoms with Gasteiger partial charge in [0, 0.05) is 18.1 Å². The molecule has 0 unspecified atom stereocenters. The number of benzene rings is 1. The van der Waals surface area contributed by atoms with E-state index in [0.717, 1.165) is 0 Å². The molecule has 1 fully saturated rings. The summed E-state index contributed by atoms with van der Waals surface area (Å²) >= 11 is 0. The molecule has 0 aliphatic heterocycles. The van der Waals surface area contributed by atoms with Gasteiger partial charge in [-0.05, 0) is 42.4 Å². The van der Waals surface area contributed by atoms with Crippen LogP contribution in [0.5, 0.6) is 0 Å². The Labute approximate surface area is 139 Å². The summed E-state index contributed by atoms with van der Waals surface area (Å²) in [6.45, 7) is 5.55. The van der Waals surface area contributed by atoms with Crippen LogP contribution in [0.3, 0.4) is 0 Å². The average Bonchev–Trinajstić information content (AvgIpc) is 2.51. The van der Waals surface area contributed by atoms with Gasteiger partial charge in [-0.1, -0.05) is 19.0 Å². The number of hydrogen-bond donors (Lipinski definition) is 0. The number of nitrogens with zero attached hydrogens (tertiary/aromatic N) is 2. The Morgan fingerprint density at radius 2 is 2.00 bits per heavy atom. The minimum atomic E-state index is -0.490. The number of hydrogen-bond acceptors (Lipinski definition) is 6. The first kappa shape index (κ1) is 17.8. The number of Topliss-reactive ketones (excluding diaryl/α,β-unsaturated/α-hetero) is 1. The molecule has 24 heavy (non-hydrogen) atoms. The van der Waals surface area contributed by atoms with Crippen molar-refractivity contribution >= 4 is 23.7 Å². The van der Waals surface area contributed by atoms with Crippen LogP contribution in [-0.2, 0) is 14.4 Å². The molecule has 0 saturated heterocycles. The predicted octanol–water partition coefficient (Wildman–Crippen LogP) is 3.11. The number of non-ortho nitro benzene ring substituents is 1. The summed E-state index contributed by atoms with van der Waals surface area (Å²) in [6.07, 6.45) is 2.24. The monoisotopic (exact) mass is 332 g/mol. The molecular weight excluding hydrogens is 312 g/mol. The third-order valence-electron chi connectivity index (χ3n) is 4.83. The fourth-order valence-electron chi connectivity index (χ4n) is 3.12. The minimum Gasteiger partial charge on any atom is -0.318 e. The Balaban J connectivity index is 1.83. The summed E-state index contributed by atoms with van der Waals surface area (Å²) in [5.74, 6) is -0.193. The van der Waals surface area contributed by atoms with Crippen LogP contribution in [0.1, 0.15) is 39.2 Å². The van der Waals surface area contributed by atoms with Crippen molar-refractivity contribution in [3.63, 3.8) is 0 Å². The summed E-state index contributed by atoms with van der Waals surface area (Å²) in [7, 11) is 0. The third-order valence-corrected chi connectivity index (χ3v) is 4.83. The maximum atomic E-state index is 11.8. The molecule has 1 aromatic rings. The Kier molecular flexibility index (Phi) is 5.11. The number of oxime groups is 1. The van der Waals surface area contributed by atoms with Gasteiger partial charge in [0.25, 0.3) is 5.69 Å². The highest BCUT2D eigenvalue weighted by Crippen LogP contribution is 2.53. The van der Waals surface area contributed by atoms with Crippen molar-refractivity contribution in [1.82, 2.24) is 0 Å². The van der Waals surface area contributed by atoms with E-state index in [1.54, 1.807) is 6.92 Å². The quantitative estimate of drug-likeness (QED) is 0.345. The molecule has 1 saturated carbocycles.